The summed E-state index contributed by atoms with van der Waals surface area (Å²) in [6, 6.07) is 5.41. The molecule has 0 radical (unpaired) electrons. The minimum Gasteiger partial charge on any atom is -0.465 e. The van der Waals surface area contributed by atoms with Crippen molar-refractivity contribution in [2.45, 2.75) is 11.8 Å². The van der Waals surface area contributed by atoms with Crippen molar-refractivity contribution < 1.29 is 9.53 Å². The largest absolute Gasteiger partial charge is 0.465 e. The lowest BCUT2D eigenvalue weighted by molar-refractivity contribution is 0.0598. The van der Waals surface area contributed by atoms with Crippen molar-refractivity contribution in [1.29, 1.82) is 0 Å². The lowest BCUT2D eigenvalue weighted by atomic mass is 10.2. The molecule has 1 aromatic rings. The van der Waals surface area contributed by atoms with Crippen LogP contribution in [0.1, 0.15) is 17.3 Å². The number of nitrogens with two attached hydrogens (primary N) is 1. The molecule has 0 saturated heterocycles. The van der Waals surface area contributed by atoms with E-state index in [2.05, 4.69) is 4.74 Å². The third-order valence-corrected chi connectivity index (χ3v) is 2.69. The second-order valence-electron chi connectivity index (χ2n) is 2.64. The van der Waals surface area contributed by atoms with Gasteiger partial charge in [0.25, 0.3) is 0 Å². The number of carbonyl (C=O) groups excluding carboxylic acids is 1. The average molecular weight is 211 g/mol. The van der Waals surface area contributed by atoms with Crippen LogP contribution in [-0.2, 0) is 4.74 Å². The fourth-order valence-corrected chi connectivity index (χ4v) is 1.98. The van der Waals surface area contributed by atoms with E-state index in [1.807, 2.05) is 19.1 Å². The molecule has 1 rings (SSSR count). The quantitative estimate of drug-likeness (QED) is 0.473. The van der Waals surface area contributed by atoms with Crippen LogP contribution in [0.5, 0.6) is 0 Å². The summed E-state index contributed by atoms with van der Waals surface area (Å²) >= 11 is 1.58. The standard InChI is InChI=1S/C10H13NO2S/c1-3-14-8-6-4-5-7(11)9(8)10(12)13-2/h4-6H,3,11H2,1-2H3. The molecule has 0 fully saturated rings. The highest BCUT2D eigenvalue weighted by Crippen LogP contribution is 2.27. The highest BCUT2D eigenvalue weighted by molar-refractivity contribution is 7.99. The highest BCUT2D eigenvalue weighted by Gasteiger charge is 2.14. The van der Waals surface area contributed by atoms with Gasteiger partial charge in [0.15, 0.2) is 0 Å². The van der Waals surface area contributed by atoms with Crippen LogP contribution in [0.3, 0.4) is 0 Å². The molecule has 0 aliphatic rings. The molecule has 4 heteroatoms. The summed E-state index contributed by atoms with van der Waals surface area (Å²) < 4.78 is 4.67. The molecule has 0 atom stereocenters. The van der Waals surface area contributed by atoms with Crippen LogP contribution < -0.4 is 5.73 Å². The summed E-state index contributed by atoms with van der Waals surface area (Å²) in [5, 5.41) is 0. The Morgan fingerprint density at radius 1 is 1.57 bits per heavy atom. The molecule has 0 aromatic heterocycles. The lowest BCUT2D eigenvalue weighted by Crippen LogP contribution is -2.07. The average Bonchev–Trinajstić information content (AvgIpc) is 2.18. The molecular weight excluding hydrogens is 198 g/mol. The van der Waals surface area contributed by atoms with E-state index in [4.69, 9.17) is 5.73 Å². The number of benzene rings is 1. The maximum absolute atomic E-state index is 11.4. The number of thioether (sulfide) groups is 1. The maximum atomic E-state index is 11.4. The monoisotopic (exact) mass is 211 g/mol. The number of esters is 1. The van der Waals surface area contributed by atoms with E-state index in [-0.39, 0.29) is 5.97 Å². The molecule has 0 unspecified atom stereocenters. The van der Waals surface area contributed by atoms with Crippen molar-refractivity contribution in [2.75, 3.05) is 18.6 Å². The Kier molecular flexibility index (Phi) is 3.83. The molecule has 3 nitrogen and oxygen atoms in total. The third-order valence-electron chi connectivity index (χ3n) is 1.75. The van der Waals surface area contributed by atoms with Crippen molar-refractivity contribution >= 4 is 23.4 Å². The van der Waals surface area contributed by atoms with Crippen molar-refractivity contribution in [1.82, 2.24) is 0 Å². The molecular formula is C10H13NO2S. The zero-order valence-electron chi connectivity index (χ0n) is 8.24. The fourth-order valence-electron chi connectivity index (χ4n) is 1.14. The van der Waals surface area contributed by atoms with E-state index in [0.717, 1.165) is 10.6 Å². The number of nitrogen functional groups attached to an aromatic ring is 1. The summed E-state index contributed by atoms with van der Waals surface area (Å²) in [6.07, 6.45) is 0. The molecule has 14 heavy (non-hydrogen) atoms. The summed E-state index contributed by atoms with van der Waals surface area (Å²) in [4.78, 5) is 12.3. The Morgan fingerprint density at radius 3 is 2.86 bits per heavy atom. The Hall–Kier alpha value is -1.16. The molecule has 0 aliphatic carbocycles. The van der Waals surface area contributed by atoms with Gasteiger partial charge in [-0.1, -0.05) is 13.0 Å². The van der Waals surface area contributed by atoms with Crippen molar-refractivity contribution in [3.8, 4) is 0 Å². The number of rotatable bonds is 3. The molecule has 76 valence electrons. The molecule has 0 amide bonds. The number of methoxy groups -OCH3 is 1. The van der Waals surface area contributed by atoms with E-state index in [1.54, 1.807) is 17.8 Å². The van der Waals surface area contributed by atoms with Crippen LogP contribution in [0.2, 0.25) is 0 Å². The van der Waals surface area contributed by atoms with Gasteiger partial charge in [0.1, 0.15) is 0 Å². The topological polar surface area (TPSA) is 52.3 Å². The van der Waals surface area contributed by atoms with Crippen LogP contribution in [0.15, 0.2) is 23.1 Å². The first-order valence-corrected chi connectivity index (χ1v) is 5.28. The predicted molar refractivity (Wildman–Crippen MR) is 58.6 cm³/mol. The number of carbonyl (C=O) groups is 1. The van der Waals surface area contributed by atoms with Crippen LogP contribution in [0, 0.1) is 0 Å². The van der Waals surface area contributed by atoms with E-state index >= 15 is 0 Å². The van der Waals surface area contributed by atoms with Crippen LogP contribution >= 0.6 is 11.8 Å². The van der Waals surface area contributed by atoms with Gasteiger partial charge in [-0.25, -0.2) is 4.79 Å². The minimum atomic E-state index is -0.376. The van der Waals surface area contributed by atoms with E-state index in [9.17, 15) is 4.79 Å². The summed E-state index contributed by atoms with van der Waals surface area (Å²) in [7, 11) is 1.36. The summed E-state index contributed by atoms with van der Waals surface area (Å²) in [6.45, 7) is 2.02. The van der Waals surface area contributed by atoms with Gasteiger partial charge in [-0.15, -0.1) is 11.8 Å². The fraction of sp³-hybridized carbons (Fsp3) is 0.300. The van der Waals surface area contributed by atoms with Gasteiger partial charge in [0.05, 0.1) is 12.7 Å². The Balaban J connectivity index is 3.15. The summed E-state index contributed by atoms with van der Waals surface area (Å²) in [5.41, 5.74) is 6.66. The molecule has 0 spiro atoms. The van der Waals surface area contributed by atoms with Crippen molar-refractivity contribution in [2.24, 2.45) is 0 Å². The first kappa shape index (κ1) is 10.9. The normalized spacial score (nSPS) is 9.86. The zero-order valence-corrected chi connectivity index (χ0v) is 9.06. The highest BCUT2D eigenvalue weighted by atomic mass is 32.2. The third kappa shape index (κ3) is 2.20. The van der Waals surface area contributed by atoms with Gasteiger partial charge in [-0.2, -0.15) is 0 Å². The smallest absolute Gasteiger partial charge is 0.341 e. The maximum Gasteiger partial charge on any atom is 0.341 e. The second-order valence-corrected chi connectivity index (χ2v) is 3.95. The minimum absolute atomic E-state index is 0.376. The van der Waals surface area contributed by atoms with Gasteiger partial charge < -0.3 is 10.5 Å². The van der Waals surface area contributed by atoms with E-state index < -0.39 is 0 Å². The summed E-state index contributed by atoms with van der Waals surface area (Å²) in [5.74, 6) is 0.520. The van der Waals surface area contributed by atoms with Gasteiger partial charge in [-0.05, 0) is 17.9 Å². The molecule has 0 heterocycles. The van der Waals surface area contributed by atoms with Gasteiger partial charge >= 0.3 is 5.97 Å². The van der Waals surface area contributed by atoms with Crippen LogP contribution in [0.4, 0.5) is 5.69 Å². The molecule has 0 bridgehead atoms. The van der Waals surface area contributed by atoms with Gasteiger partial charge in [-0.3, -0.25) is 0 Å². The number of ether oxygens (including phenoxy) is 1. The van der Waals surface area contributed by atoms with E-state index in [0.29, 0.717) is 11.3 Å². The number of hydrogen-bond donors (Lipinski definition) is 1. The van der Waals surface area contributed by atoms with Crippen LogP contribution in [0.25, 0.3) is 0 Å². The Labute approximate surface area is 87.6 Å². The van der Waals surface area contributed by atoms with Crippen molar-refractivity contribution in [3.05, 3.63) is 23.8 Å². The molecule has 1 aromatic carbocycles. The lowest BCUT2D eigenvalue weighted by Gasteiger charge is -2.08. The first-order valence-electron chi connectivity index (χ1n) is 4.30. The van der Waals surface area contributed by atoms with Crippen LogP contribution in [-0.4, -0.2) is 18.8 Å². The first-order chi connectivity index (χ1) is 6.70. The van der Waals surface area contributed by atoms with Crippen molar-refractivity contribution in [3.63, 3.8) is 0 Å². The van der Waals surface area contributed by atoms with Gasteiger partial charge in [0.2, 0.25) is 0 Å². The Morgan fingerprint density at radius 2 is 2.29 bits per heavy atom. The van der Waals surface area contributed by atoms with Gasteiger partial charge in [0, 0.05) is 10.6 Å². The molecule has 0 aliphatic heterocycles. The number of anilines is 1. The second kappa shape index (κ2) is 4.91. The Bertz CT molecular complexity index is 339. The predicted octanol–water partition coefficient (Wildman–Crippen LogP) is 2.17. The molecule has 2 N–H and O–H groups in total. The zero-order chi connectivity index (χ0) is 10.6. The molecule has 0 saturated carbocycles. The van der Waals surface area contributed by atoms with E-state index in [1.165, 1.54) is 7.11 Å². The SMILES string of the molecule is CCSc1cccc(N)c1C(=O)OC. The number of hydrogen-bond acceptors (Lipinski definition) is 4.